The van der Waals surface area contributed by atoms with Crippen molar-refractivity contribution >= 4 is 39.6 Å². The van der Waals surface area contributed by atoms with Gasteiger partial charge in [0.15, 0.2) is 5.16 Å². The maximum atomic E-state index is 13.8. The molecule has 0 radical (unpaired) electrons. The van der Waals surface area contributed by atoms with Crippen LogP contribution in [-0.4, -0.2) is 43.8 Å². The standard InChI is InChI=1S/C18H15FN4O2S/c19-11-3-4-13-12(9-11)15-16(17(25)22-7-8-26-18(22)20-15)23(13)10-14(24)21-5-1-2-6-21/h1-4,9H,5-8,10H2. The van der Waals surface area contributed by atoms with Crippen LogP contribution in [-0.2, 0) is 17.9 Å². The van der Waals surface area contributed by atoms with Gasteiger partial charge < -0.3 is 9.47 Å². The minimum atomic E-state index is -0.387. The van der Waals surface area contributed by atoms with Gasteiger partial charge in [-0.05, 0) is 18.2 Å². The van der Waals surface area contributed by atoms with Crippen molar-refractivity contribution < 1.29 is 9.18 Å². The molecule has 1 amide bonds. The lowest BCUT2D eigenvalue weighted by atomic mass is 10.2. The zero-order valence-electron chi connectivity index (χ0n) is 13.8. The second-order valence-electron chi connectivity index (χ2n) is 6.41. The van der Waals surface area contributed by atoms with E-state index in [-0.39, 0.29) is 23.8 Å². The summed E-state index contributed by atoms with van der Waals surface area (Å²) < 4.78 is 17.2. The van der Waals surface area contributed by atoms with Gasteiger partial charge in [-0.2, -0.15) is 0 Å². The highest BCUT2D eigenvalue weighted by atomic mass is 32.2. The van der Waals surface area contributed by atoms with Gasteiger partial charge in [-0.1, -0.05) is 23.9 Å². The molecule has 0 saturated carbocycles. The Hall–Kier alpha value is -2.61. The van der Waals surface area contributed by atoms with E-state index in [4.69, 9.17) is 0 Å². The molecule has 3 aromatic rings. The van der Waals surface area contributed by atoms with Crippen LogP contribution in [0.1, 0.15) is 0 Å². The number of hydrogen-bond donors (Lipinski definition) is 0. The van der Waals surface area contributed by atoms with Gasteiger partial charge in [0.25, 0.3) is 5.56 Å². The maximum Gasteiger partial charge on any atom is 0.278 e. The molecule has 0 aliphatic carbocycles. The van der Waals surface area contributed by atoms with E-state index in [2.05, 4.69) is 4.98 Å². The molecule has 6 nitrogen and oxygen atoms in total. The molecule has 8 heteroatoms. The Labute approximate surface area is 151 Å². The molecule has 0 fully saturated rings. The van der Waals surface area contributed by atoms with Crippen LogP contribution in [0.4, 0.5) is 4.39 Å². The van der Waals surface area contributed by atoms with E-state index in [1.165, 1.54) is 23.9 Å². The van der Waals surface area contributed by atoms with Crippen molar-refractivity contribution in [1.82, 2.24) is 19.0 Å². The Morgan fingerprint density at radius 3 is 2.88 bits per heavy atom. The summed E-state index contributed by atoms with van der Waals surface area (Å²) in [7, 11) is 0. The number of benzene rings is 1. The molecule has 0 atom stereocenters. The number of halogens is 1. The molecular formula is C18H15FN4O2S. The Bertz CT molecular complexity index is 1160. The molecule has 0 saturated heterocycles. The average molecular weight is 370 g/mol. The van der Waals surface area contributed by atoms with Gasteiger partial charge >= 0.3 is 0 Å². The molecule has 0 spiro atoms. The third-order valence-electron chi connectivity index (χ3n) is 4.90. The first-order valence-corrected chi connectivity index (χ1v) is 9.40. The minimum absolute atomic E-state index is 0.0384. The van der Waals surface area contributed by atoms with E-state index in [0.717, 1.165) is 5.75 Å². The number of hydrogen-bond acceptors (Lipinski definition) is 4. The smallest absolute Gasteiger partial charge is 0.278 e. The molecule has 2 aliphatic rings. The third kappa shape index (κ3) is 2.21. The van der Waals surface area contributed by atoms with Gasteiger partial charge in [0.1, 0.15) is 23.4 Å². The number of thioether (sulfide) groups is 1. The van der Waals surface area contributed by atoms with Crippen molar-refractivity contribution in [3.63, 3.8) is 0 Å². The number of nitrogens with zero attached hydrogens (tertiary/aromatic N) is 4. The molecule has 2 aromatic heterocycles. The summed E-state index contributed by atoms with van der Waals surface area (Å²) in [5.74, 6) is 0.332. The van der Waals surface area contributed by atoms with Crippen LogP contribution >= 0.6 is 11.8 Å². The average Bonchev–Trinajstić information content (AvgIpc) is 3.35. The highest BCUT2D eigenvalue weighted by Gasteiger charge is 2.24. The lowest BCUT2D eigenvalue weighted by Crippen LogP contribution is -2.32. The molecule has 4 heterocycles. The highest BCUT2D eigenvalue weighted by Crippen LogP contribution is 2.30. The molecule has 26 heavy (non-hydrogen) atoms. The quantitative estimate of drug-likeness (QED) is 0.511. The fourth-order valence-corrected chi connectivity index (χ4v) is 4.57. The normalized spacial score (nSPS) is 16.1. The van der Waals surface area contributed by atoms with Crippen molar-refractivity contribution in [1.29, 1.82) is 0 Å². The number of carbonyl (C=O) groups is 1. The van der Waals surface area contributed by atoms with Crippen LogP contribution in [0.5, 0.6) is 0 Å². The summed E-state index contributed by atoms with van der Waals surface area (Å²) in [6.07, 6.45) is 3.89. The summed E-state index contributed by atoms with van der Waals surface area (Å²) in [4.78, 5) is 32.1. The van der Waals surface area contributed by atoms with Gasteiger partial charge in [-0.3, -0.25) is 14.2 Å². The monoisotopic (exact) mass is 370 g/mol. The summed E-state index contributed by atoms with van der Waals surface area (Å²) in [5.41, 5.74) is 1.33. The zero-order chi connectivity index (χ0) is 17.8. The predicted octanol–water partition coefficient (Wildman–Crippen LogP) is 1.99. The molecule has 132 valence electrons. The van der Waals surface area contributed by atoms with E-state index < -0.39 is 0 Å². The molecule has 0 N–H and O–H groups in total. The first kappa shape index (κ1) is 15.6. The fraction of sp³-hybridized carbons (Fsp3) is 0.278. The van der Waals surface area contributed by atoms with Gasteiger partial charge in [-0.25, -0.2) is 9.37 Å². The van der Waals surface area contributed by atoms with E-state index in [0.29, 0.717) is 46.7 Å². The summed E-state index contributed by atoms with van der Waals surface area (Å²) >= 11 is 1.52. The summed E-state index contributed by atoms with van der Waals surface area (Å²) in [6, 6.07) is 4.35. The van der Waals surface area contributed by atoms with Crippen molar-refractivity contribution in [2.45, 2.75) is 18.2 Å². The Kier molecular flexibility index (Phi) is 3.43. The van der Waals surface area contributed by atoms with E-state index >= 15 is 0 Å². The number of fused-ring (bicyclic) bond motifs is 4. The topological polar surface area (TPSA) is 60.1 Å². The van der Waals surface area contributed by atoms with Gasteiger partial charge in [-0.15, -0.1) is 0 Å². The van der Waals surface area contributed by atoms with Gasteiger partial charge in [0, 0.05) is 30.8 Å². The van der Waals surface area contributed by atoms with Crippen LogP contribution < -0.4 is 5.56 Å². The SMILES string of the molecule is O=C(Cn1c2ccc(F)cc2c2nc3n(c(=O)c21)CCS3)N1CC=CC1. The molecule has 0 unspecified atom stereocenters. The molecule has 0 bridgehead atoms. The first-order chi connectivity index (χ1) is 12.6. The van der Waals surface area contributed by atoms with E-state index in [1.54, 1.807) is 20.1 Å². The lowest BCUT2D eigenvalue weighted by Gasteiger charge is -2.16. The van der Waals surface area contributed by atoms with E-state index in [9.17, 15) is 14.0 Å². The van der Waals surface area contributed by atoms with Crippen molar-refractivity contribution in [3.8, 4) is 0 Å². The summed E-state index contributed by atoms with van der Waals surface area (Å²) in [6.45, 7) is 1.79. The van der Waals surface area contributed by atoms with E-state index in [1.807, 2.05) is 12.2 Å². The second-order valence-corrected chi connectivity index (χ2v) is 7.48. The molecule has 1 aromatic carbocycles. The van der Waals surface area contributed by atoms with Crippen molar-refractivity contribution in [2.75, 3.05) is 18.8 Å². The molecule has 5 rings (SSSR count). The van der Waals surface area contributed by atoms with Crippen LogP contribution in [0.25, 0.3) is 21.9 Å². The first-order valence-electron chi connectivity index (χ1n) is 8.41. The summed E-state index contributed by atoms with van der Waals surface area (Å²) in [5, 5.41) is 1.22. The van der Waals surface area contributed by atoms with Crippen molar-refractivity contribution in [3.05, 3.63) is 46.5 Å². The highest BCUT2D eigenvalue weighted by molar-refractivity contribution is 7.99. The fourth-order valence-electron chi connectivity index (χ4n) is 3.63. The predicted molar refractivity (Wildman–Crippen MR) is 97.9 cm³/mol. The van der Waals surface area contributed by atoms with Crippen molar-refractivity contribution in [2.24, 2.45) is 0 Å². The Balaban J connectivity index is 1.77. The number of amides is 1. The lowest BCUT2D eigenvalue weighted by molar-refractivity contribution is -0.130. The second kappa shape index (κ2) is 5.70. The number of aromatic nitrogens is 3. The van der Waals surface area contributed by atoms with Crippen LogP contribution in [0.2, 0.25) is 0 Å². The van der Waals surface area contributed by atoms with Crippen LogP contribution in [0, 0.1) is 5.82 Å². The zero-order valence-corrected chi connectivity index (χ0v) is 14.6. The Morgan fingerprint density at radius 2 is 2.08 bits per heavy atom. The molecular weight excluding hydrogens is 355 g/mol. The third-order valence-corrected chi connectivity index (χ3v) is 5.85. The van der Waals surface area contributed by atoms with Crippen LogP contribution in [0.3, 0.4) is 0 Å². The number of rotatable bonds is 2. The maximum absolute atomic E-state index is 13.8. The largest absolute Gasteiger partial charge is 0.334 e. The van der Waals surface area contributed by atoms with Gasteiger partial charge in [0.2, 0.25) is 5.91 Å². The number of carbonyl (C=O) groups excluding carboxylic acids is 1. The van der Waals surface area contributed by atoms with Gasteiger partial charge in [0.05, 0.1) is 5.52 Å². The molecule has 2 aliphatic heterocycles. The minimum Gasteiger partial charge on any atom is -0.334 e. The Morgan fingerprint density at radius 1 is 1.27 bits per heavy atom. The van der Waals surface area contributed by atoms with Crippen LogP contribution in [0.15, 0.2) is 40.3 Å².